The summed E-state index contributed by atoms with van der Waals surface area (Å²) in [4.78, 5) is 38.6. The number of hydrogen-bond donors (Lipinski definition) is 1. The molecule has 4 nitrogen and oxygen atoms in total. The third kappa shape index (κ3) is 3.97. The quantitative estimate of drug-likeness (QED) is 0.307. The highest BCUT2D eigenvalue weighted by Crippen LogP contribution is 2.32. The maximum absolute atomic E-state index is 13.0. The van der Waals surface area contributed by atoms with E-state index in [9.17, 15) is 19.5 Å². The zero-order valence-electron chi connectivity index (χ0n) is 20.0. The van der Waals surface area contributed by atoms with Crippen molar-refractivity contribution in [3.8, 4) is 0 Å². The lowest BCUT2D eigenvalue weighted by atomic mass is 9.93. The second-order valence-corrected chi connectivity index (χ2v) is 9.03. The first kappa shape index (κ1) is 23.2. The Hall–Kier alpha value is -4.57. The van der Waals surface area contributed by atoms with Crippen LogP contribution in [0.4, 0.5) is 0 Å². The van der Waals surface area contributed by atoms with E-state index in [1.807, 2.05) is 48.6 Å². The molecule has 0 aromatic heterocycles. The van der Waals surface area contributed by atoms with E-state index in [1.54, 1.807) is 43.4 Å². The van der Waals surface area contributed by atoms with Gasteiger partial charge in [-0.25, -0.2) is 0 Å². The second-order valence-electron chi connectivity index (χ2n) is 9.03. The van der Waals surface area contributed by atoms with Gasteiger partial charge in [-0.05, 0) is 59.5 Å². The lowest BCUT2D eigenvalue weighted by Crippen LogP contribution is -2.03. The van der Waals surface area contributed by atoms with Gasteiger partial charge in [0.2, 0.25) is 0 Å². The van der Waals surface area contributed by atoms with E-state index < -0.39 is 0 Å². The van der Waals surface area contributed by atoms with Crippen LogP contribution in [0.25, 0.3) is 10.8 Å². The van der Waals surface area contributed by atoms with Gasteiger partial charge in [-0.3, -0.25) is 14.4 Å². The summed E-state index contributed by atoms with van der Waals surface area (Å²) in [5.74, 6) is -0.676. The molecule has 2 aromatic carbocycles. The molecule has 5 rings (SSSR count). The van der Waals surface area contributed by atoms with Crippen LogP contribution in [0.1, 0.15) is 34.6 Å². The third-order valence-electron chi connectivity index (χ3n) is 6.75. The highest BCUT2D eigenvalue weighted by atomic mass is 16.3. The summed E-state index contributed by atoms with van der Waals surface area (Å²) in [5.41, 5.74) is 3.19. The summed E-state index contributed by atoms with van der Waals surface area (Å²) >= 11 is 0. The van der Waals surface area contributed by atoms with E-state index in [0.29, 0.717) is 22.3 Å². The molecule has 0 saturated heterocycles. The summed E-state index contributed by atoms with van der Waals surface area (Å²) in [5, 5.41) is 12.4. The molecule has 0 saturated carbocycles. The monoisotopic (exact) mass is 472 g/mol. The van der Waals surface area contributed by atoms with Crippen LogP contribution in [0.5, 0.6) is 0 Å². The average molecular weight is 473 g/mol. The van der Waals surface area contributed by atoms with Crippen molar-refractivity contribution in [2.45, 2.75) is 13.8 Å². The molecule has 0 radical (unpaired) electrons. The molecule has 4 heteroatoms. The van der Waals surface area contributed by atoms with Gasteiger partial charge < -0.3 is 5.11 Å². The van der Waals surface area contributed by atoms with Gasteiger partial charge in [-0.2, -0.15) is 0 Å². The van der Waals surface area contributed by atoms with E-state index in [-0.39, 0.29) is 40.2 Å². The summed E-state index contributed by atoms with van der Waals surface area (Å²) in [7, 11) is 0. The van der Waals surface area contributed by atoms with Crippen LogP contribution in [-0.2, 0) is 4.79 Å². The van der Waals surface area contributed by atoms with Crippen LogP contribution in [0.15, 0.2) is 131 Å². The fraction of sp³-hybridized carbons (Fsp3) is 0.0938. The third-order valence-corrected chi connectivity index (χ3v) is 6.75. The van der Waals surface area contributed by atoms with Crippen molar-refractivity contribution in [2.24, 2.45) is 5.92 Å². The smallest absolute Gasteiger partial charge is 0.197 e. The van der Waals surface area contributed by atoms with E-state index in [1.165, 1.54) is 6.08 Å². The molecule has 2 aromatic rings. The second kappa shape index (κ2) is 9.23. The van der Waals surface area contributed by atoms with Gasteiger partial charge in [0.15, 0.2) is 17.3 Å². The topological polar surface area (TPSA) is 71.4 Å². The molecule has 0 amide bonds. The van der Waals surface area contributed by atoms with Gasteiger partial charge in [-0.1, -0.05) is 73.7 Å². The summed E-state index contributed by atoms with van der Waals surface area (Å²) in [6.45, 7) is 3.78. The number of fused-ring (bicyclic) bond motifs is 2. The van der Waals surface area contributed by atoms with Crippen molar-refractivity contribution in [3.63, 3.8) is 0 Å². The van der Waals surface area contributed by atoms with Crippen molar-refractivity contribution in [1.29, 1.82) is 0 Å². The SMILES string of the molecule is CC1=C(/C=C2/C=CC=CC2C)C(=O)C(/C=C/C=C/C=C2C(=O)c3cc4ccccc4cc3C2=O)=C1O. The standard InChI is InChI=1S/C32H24O4/c1-19-10-6-7-11-21(19)16-26-20(2)29(33)24(30(26)34)14-4-3-5-15-25-31(35)27-17-22-12-8-9-13-23(22)18-28(27)32(25)36/h3-19,33H,1-2H3/b5-3+,14-4+,21-16-. The number of benzene rings is 2. The van der Waals surface area contributed by atoms with E-state index in [0.717, 1.165) is 16.3 Å². The lowest BCUT2D eigenvalue weighted by molar-refractivity contribution is -0.111. The Balaban J connectivity index is 1.32. The van der Waals surface area contributed by atoms with E-state index >= 15 is 0 Å². The first-order valence-electron chi connectivity index (χ1n) is 11.8. The Bertz CT molecular complexity index is 1540. The van der Waals surface area contributed by atoms with Crippen LogP contribution in [0.3, 0.4) is 0 Å². The van der Waals surface area contributed by atoms with Gasteiger partial charge in [0, 0.05) is 22.3 Å². The van der Waals surface area contributed by atoms with Crippen molar-refractivity contribution in [1.82, 2.24) is 0 Å². The number of carbonyl (C=O) groups is 3. The Labute approximate surface area is 209 Å². The van der Waals surface area contributed by atoms with E-state index in [4.69, 9.17) is 0 Å². The molecule has 1 unspecified atom stereocenters. The zero-order chi connectivity index (χ0) is 25.4. The maximum Gasteiger partial charge on any atom is 0.197 e. The predicted molar refractivity (Wildman–Crippen MR) is 142 cm³/mol. The number of ketones is 3. The highest BCUT2D eigenvalue weighted by Gasteiger charge is 2.33. The molecule has 3 aliphatic carbocycles. The lowest BCUT2D eigenvalue weighted by Gasteiger charge is -2.11. The predicted octanol–water partition coefficient (Wildman–Crippen LogP) is 6.66. The average Bonchev–Trinajstić information content (AvgIpc) is 3.23. The van der Waals surface area contributed by atoms with E-state index in [2.05, 4.69) is 13.0 Å². The minimum Gasteiger partial charge on any atom is -0.507 e. The summed E-state index contributed by atoms with van der Waals surface area (Å²) < 4.78 is 0. The van der Waals surface area contributed by atoms with Gasteiger partial charge in [-0.15, -0.1) is 0 Å². The van der Waals surface area contributed by atoms with Crippen molar-refractivity contribution in [3.05, 3.63) is 142 Å². The molecule has 0 fully saturated rings. The molecular formula is C32H24O4. The first-order valence-corrected chi connectivity index (χ1v) is 11.8. The molecule has 1 N–H and O–H groups in total. The molecule has 1 atom stereocenters. The molecule has 176 valence electrons. The molecule has 0 aliphatic heterocycles. The normalized spacial score (nSPS) is 20.9. The molecule has 0 spiro atoms. The van der Waals surface area contributed by atoms with Crippen LogP contribution in [0, 0.1) is 5.92 Å². The largest absolute Gasteiger partial charge is 0.507 e. The van der Waals surface area contributed by atoms with Crippen LogP contribution >= 0.6 is 0 Å². The molecule has 0 heterocycles. The minimum atomic E-state index is -0.293. The number of Topliss-reactive ketones (excluding diaryl/α,β-unsaturated/α-hetero) is 3. The molecule has 0 bridgehead atoms. The summed E-state index contributed by atoms with van der Waals surface area (Å²) in [6.07, 6.45) is 17.6. The fourth-order valence-electron chi connectivity index (χ4n) is 4.62. The van der Waals surface area contributed by atoms with Crippen LogP contribution in [0.2, 0.25) is 0 Å². The summed E-state index contributed by atoms with van der Waals surface area (Å²) in [6, 6.07) is 11.1. The molecular weight excluding hydrogens is 448 g/mol. The van der Waals surface area contributed by atoms with Crippen molar-refractivity contribution >= 4 is 28.1 Å². The van der Waals surface area contributed by atoms with Crippen LogP contribution in [-0.4, -0.2) is 22.5 Å². The van der Waals surface area contributed by atoms with Crippen molar-refractivity contribution in [2.75, 3.05) is 0 Å². The van der Waals surface area contributed by atoms with Crippen molar-refractivity contribution < 1.29 is 19.5 Å². The zero-order valence-corrected chi connectivity index (χ0v) is 20.0. The van der Waals surface area contributed by atoms with Gasteiger partial charge in [0.05, 0.1) is 11.1 Å². The Morgan fingerprint density at radius 2 is 1.50 bits per heavy atom. The Kier molecular flexibility index (Phi) is 5.95. The number of allylic oxidation sites excluding steroid dienone is 15. The first-order chi connectivity index (χ1) is 17.4. The Morgan fingerprint density at radius 1 is 0.833 bits per heavy atom. The number of rotatable bonds is 4. The number of carbonyl (C=O) groups excluding carboxylic acids is 3. The maximum atomic E-state index is 13.0. The highest BCUT2D eigenvalue weighted by molar-refractivity contribution is 6.40. The minimum absolute atomic E-state index is 0.0403. The number of hydrogen-bond acceptors (Lipinski definition) is 4. The molecule has 3 aliphatic rings. The number of aliphatic hydroxyl groups excluding tert-OH is 1. The number of aliphatic hydroxyl groups is 1. The van der Waals surface area contributed by atoms with Gasteiger partial charge in [0.25, 0.3) is 0 Å². The molecule has 36 heavy (non-hydrogen) atoms. The van der Waals surface area contributed by atoms with Gasteiger partial charge >= 0.3 is 0 Å². The van der Waals surface area contributed by atoms with Gasteiger partial charge in [0.1, 0.15) is 5.76 Å². The fourth-order valence-corrected chi connectivity index (χ4v) is 4.62. The Morgan fingerprint density at radius 3 is 2.14 bits per heavy atom. The van der Waals surface area contributed by atoms with Crippen LogP contribution < -0.4 is 0 Å².